The number of carbonyl (C=O) groups excluding carboxylic acids is 1. The molecule has 130 valence electrons. The van der Waals surface area contributed by atoms with E-state index in [-0.39, 0.29) is 17.6 Å². The van der Waals surface area contributed by atoms with E-state index in [1.807, 2.05) is 19.1 Å². The molecule has 1 aromatic rings. The summed E-state index contributed by atoms with van der Waals surface area (Å²) in [6, 6.07) is 5.02. The molecule has 0 radical (unpaired) electrons. The predicted molar refractivity (Wildman–Crippen MR) is 97.0 cm³/mol. The number of amides is 1. The summed E-state index contributed by atoms with van der Waals surface area (Å²) < 4.78 is 23.7. The van der Waals surface area contributed by atoms with Crippen molar-refractivity contribution in [3.8, 4) is 0 Å². The van der Waals surface area contributed by atoms with Gasteiger partial charge in [0, 0.05) is 22.0 Å². The maximum atomic E-state index is 13.1. The van der Waals surface area contributed by atoms with Gasteiger partial charge in [-0.3, -0.25) is 4.79 Å². The highest BCUT2D eigenvalue weighted by atomic mass is 35.5. The fourth-order valence-corrected chi connectivity index (χ4v) is 4.92. The smallest absolute Gasteiger partial charge is 0.230 e. The Kier molecular flexibility index (Phi) is 5.02. The number of rotatable bonds is 3. The fraction of sp³-hybridized carbons (Fsp3) is 0.500. The van der Waals surface area contributed by atoms with Crippen molar-refractivity contribution in [2.24, 2.45) is 5.92 Å². The number of carbonyl (C=O) groups is 1. The Labute approximate surface area is 148 Å². The molecule has 0 aromatic heterocycles. The van der Waals surface area contributed by atoms with Crippen LogP contribution in [0.25, 0.3) is 0 Å². The standard InChI is InChI=1S/C18H22ClNO3S/c1-13-7-8-15(11-17(13)19)20(16-9-10-24(22,23)12-16)18(21)14-5-3-2-4-6-14/h7-11,14,16H,2-6,12H2,1H3/t16-/m1/s1. The lowest BCUT2D eigenvalue weighted by atomic mass is 9.88. The van der Waals surface area contributed by atoms with Gasteiger partial charge in [-0.25, -0.2) is 8.42 Å². The van der Waals surface area contributed by atoms with Crippen LogP contribution in [-0.4, -0.2) is 26.1 Å². The Morgan fingerprint density at radius 1 is 1.21 bits per heavy atom. The molecule has 24 heavy (non-hydrogen) atoms. The van der Waals surface area contributed by atoms with E-state index in [4.69, 9.17) is 11.6 Å². The van der Waals surface area contributed by atoms with Crippen LogP contribution in [0.5, 0.6) is 0 Å². The van der Waals surface area contributed by atoms with E-state index in [1.165, 1.54) is 5.41 Å². The first-order valence-electron chi connectivity index (χ1n) is 8.37. The average molecular weight is 368 g/mol. The Morgan fingerprint density at radius 2 is 1.92 bits per heavy atom. The lowest BCUT2D eigenvalue weighted by molar-refractivity contribution is -0.123. The molecule has 1 aliphatic carbocycles. The molecular weight excluding hydrogens is 346 g/mol. The number of hydrogen-bond donors (Lipinski definition) is 0. The Hall–Kier alpha value is -1.33. The first-order valence-corrected chi connectivity index (χ1v) is 10.5. The highest BCUT2D eigenvalue weighted by Gasteiger charge is 2.35. The maximum absolute atomic E-state index is 13.1. The molecule has 1 atom stereocenters. The Balaban J connectivity index is 1.95. The van der Waals surface area contributed by atoms with Crippen molar-refractivity contribution in [2.75, 3.05) is 10.7 Å². The molecule has 1 saturated carbocycles. The van der Waals surface area contributed by atoms with E-state index in [2.05, 4.69) is 0 Å². The van der Waals surface area contributed by atoms with Gasteiger partial charge in [0.25, 0.3) is 0 Å². The normalized spacial score (nSPS) is 23.3. The average Bonchev–Trinajstić information content (AvgIpc) is 2.91. The zero-order valence-corrected chi connectivity index (χ0v) is 15.3. The minimum Gasteiger partial charge on any atom is -0.304 e. The summed E-state index contributed by atoms with van der Waals surface area (Å²) in [7, 11) is -3.24. The number of nitrogens with zero attached hydrogens (tertiary/aromatic N) is 1. The summed E-state index contributed by atoms with van der Waals surface area (Å²) in [6.45, 7) is 1.90. The fourth-order valence-electron chi connectivity index (χ4n) is 3.48. The quantitative estimate of drug-likeness (QED) is 0.814. The molecule has 0 bridgehead atoms. The van der Waals surface area contributed by atoms with Gasteiger partial charge in [0.15, 0.2) is 9.84 Å². The van der Waals surface area contributed by atoms with Gasteiger partial charge in [0.05, 0.1) is 11.8 Å². The topological polar surface area (TPSA) is 54.5 Å². The van der Waals surface area contributed by atoms with E-state index in [0.29, 0.717) is 10.7 Å². The molecule has 1 heterocycles. The van der Waals surface area contributed by atoms with Gasteiger partial charge in [0.1, 0.15) is 0 Å². The lowest BCUT2D eigenvalue weighted by Crippen LogP contribution is -2.45. The van der Waals surface area contributed by atoms with Crippen LogP contribution in [0.2, 0.25) is 5.02 Å². The number of benzene rings is 1. The second-order valence-electron chi connectivity index (χ2n) is 6.70. The molecule has 6 heteroatoms. The van der Waals surface area contributed by atoms with Gasteiger partial charge in [-0.1, -0.05) is 36.9 Å². The highest BCUT2D eigenvalue weighted by Crippen LogP contribution is 2.32. The molecule has 4 nitrogen and oxygen atoms in total. The van der Waals surface area contributed by atoms with Crippen LogP contribution < -0.4 is 4.90 Å². The van der Waals surface area contributed by atoms with Crippen molar-refractivity contribution in [3.05, 3.63) is 40.3 Å². The second kappa shape index (κ2) is 6.89. The van der Waals surface area contributed by atoms with Gasteiger partial charge in [-0.2, -0.15) is 0 Å². The summed E-state index contributed by atoms with van der Waals surface area (Å²) >= 11 is 6.24. The zero-order chi connectivity index (χ0) is 17.3. The summed E-state index contributed by atoms with van der Waals surface area (Å²) in [5, 5.41) is 1.80. The van der Waals surface area contributed by atoms with E-state index in [1.54, 1.807) is 17.0 Å². The molecule has 1 amide bonds. The third-order valence-corrected chi connectivity index (χ3v) is 6.65. The predicted octanol–water partition coefficient (Wildman–Crippen LogP) is 3.87. The number of halogens is 1. The Bertz CT molecular complexity index is 766. The van der Waals surface area contributed by atoms with E-state index in [9.17, 15) is 13.2 Å². The molecule has 2 aliphatic rings. The van der Waals surface area contributed by atoms with Crippen molar-refractivity contribution >= 4 is 33.0 Å². The molecule has 0 spiro atoms. The third-order valence-electron chi connectivity index (χ3n) is 4.87. The second-order valence-corrected chi connectivity index (χ2v) is 9.04. The summed E-state index contributed by atoms with van der Waals surface area (Å²) in [5.74, 6) is -0.0753. The summed E-state index contributed by atoms with van der Waals surface area (Å²) in [4.78, 5) is 14.8. The number of hydrogen-bond acceptors (Lipinski definition) is 3. The Morgan fingerprint density at radius 3 is 2.50 bits per heavy atom. The first-order chi connectivity index (χ1) is 11.4. The number of sulfone groups is 1. The summed E-state index contributed by atoms with van der Waals surface area (Å²) in [6.07, 6.45) is 6.63. The zero-order valence-electron chi connectivity index (χ0n) is 13.7. The van der Waals surface area contributed by atoms with Crippen molar-refractivity contribution < 1.29 is 13.2 Å². The SMILES string of the molecule is Cc1ccc(N(C(=O)C2CCCCC2)[C@@H]2C=CS(=O)(=O)C2)cc1Cl. The van der Waals surface area contributed by atoms with Crippen molar-refractivity contribution in [1.82, 2.24) is 0 Å². The van der Waals surface area contributed by atoms with Crippen LogP contribution in [0.3, 0.4) is 0 Å². The van der Waals surface area contributed by atoms with Gasteiger partial charge < -0.3 is 4.90 Å². The van der Waals surface area contributed by atoms with Crippen molar-refractivity contribution in [3.63, 3.8) is 0 Å². The molecule has 1 fully saturated rings. The van der Waals surface area contributed by atoms with Gasteiger partial charge >= 0.3 is 0 Å². The highest BCUT2D eigenvalue weighted by molar-refractivity contribution is 7.94. The number of aryl methyl sites for hydroxylation is 1. The molecule has 0 N–H and O–H groups in total. The van der Waals surface area contributed by atoms with Crippen LogP contribution in [0.4, 0.5) is 5.69 Å². The van der Waals surface area contributed by atoms with E-state index in [0.717, 1.165) is 37.7 Å². The maximum Gasteiger partial charge on any atom is 0.230 e. The molecule has 3 rings (SSSR count). The molecule has 1 aromatic carbocycles. The first kappa shape index (κ1) is 17.5. The third kappa shape index (κ3) is 3.67. The van der Waals surface area contributed by atoms with Crippen LogP contribution in [0, 0.1) is 12.8 Å². The lowest BCUT2D eigenvalue weighted by Gasteiger charge is -2.33. The minimum absolute atomic E-state index is 0.0152. The van der Waals surface area contributed by atoms with Crippen LogP contribution in [0.15, 0.2) is 29.7 Å². The summed E-state index contributed by atoms with van der Waals surface area (Å²) in [5.41, 5.74) is 1.60. The minimum atomic E-state index is -3.24. The van der Waals surface area contributed by atoms with Crippen LogP contribution >= 0.6 is 11.6 Å². The van der Waals surface area contributed by atoms with Crippen LogP contribution in [0.1, 0.15) is 37.7 Å². The van der Waals surface area contributed by atoms with Crippen molar-refractivity contribution in [1.29, 1.82) is 0 Å². The molecule has 1 aliphatic heterocycles. The number of anilines is 1. The monoisotopic (exact) mass is 367 g/mol. The molecule has 0 unspecified atom stereocenters. The van der Waals surface area contributed by atoms with Crippen molar-refractivity contribution in [2.45, 2.75) is 45.1 Å². The van der Waals surface area contributed by atoms with E-state index >= 15 is 0 Å². The van der Waals surface area contributed by atoms with Crippen LogP contribution in [-0.2, 0) is 14.6 Å². The van der Waals surface area contributed by atoms with Gasteiger partial charge in [-0.15, -0.1) is 0 Å². The van der Waals surface area contributed by atoms with Gasteiger partial charge in [-0.05, 0) is 43.5 Å². The molecular formula is C18H22ClNO3S. The van der Waals surface area contributed by atoms with Gasteiger partial charge in [0.2, 0.25) is 5.91 Å². The largest absolute Gasteiger partial charge is 0.304 e. The van der Waals surface area contributed by atoms with E-state index < -0.39 is 15.9 Å². The molecule has 0 saturated heterocycles.